The maximum atomic E-state index is 12.3. The molecule has 154 valence electrons. The van der Waals surface area contributed by atoms with Crippen LogP contribution in [0.1, 0.15) is 46.5 Å². The van der Waals surface area contributed by atoms with Gasteiger partial charge in [0, 0.05) is 29.7 Å². The zero-order chi connectivity index (χ0) is 21.0. The minimum Gasteiger partial charge on any atom is -0.494 e. The number of carbonyl (C=O) groups is 2. The van der Waals surface area contributed by atoms with Crippen LogP contribution in [-0.4, -0.2) is 31.1 Å². The quantitative estimate of drug-likeness (QED) is 0.754. The predicted molar refractivity (Wildman–Crippen MR) is 112 cm³/mol. The summed E-state index contributed by atoms with van der Waals surface area (Å²) in [5.74, 6) is 1.07. The summed E-state index contributed by atoms with van der Waals surface area (Å²) < 4.78 is 11.5. The summed E-state index contributed by atoms with van der Waals surface area (Å²) in [6, 6.07) is 9.53. The molecule has 2 N–H and O–H groups in total. The van der Waals surface area contributed by atoms with Crippen molar-refractivity contribution in [2.75, 3.05) is 13.2 Å². The van der Waals surface area contributed by atoms with E-state index in [2.05, 4.69) is 10.6 Å². The summed E-state index contributed by atoms with van der Waals surface area (Å²) in [5.41, 5.74) is 4.55. The summed E-state index contributed by atoms with van der Waals surface area (Å²) in [6.45, 7) is 8.59. The SMILES string of the molecule is CCOc1cc2c(cc1CNC(=O)CNC(=O)c1cc(C)cc(C)c1)O[C@H](C)C2. The molecule has 0 spiro atoms. The van der Waals surface area contributed by atoms with Crippen molar-refractivity contribution in [2.24, 2.45) is 0 Å². The van der Waals surface area contributed by atoms with Crippen LogP contribution < -0.4 is 20.1 Å². The van der Waals surface area contributed by atoms with Crippen LogP contribution in [0.4, 0.5) is 0 Å². The fraction of sp³-hybridized carbons (Fsp3) is 0.391. The molecule has 0 saturated heterocycles. The molecule has 0 saturated carbocycles. The second kappa shape index (κ2) is 8.99. The molecule has 6 nitrogen and oxygen atoms in total. The van der Waals surface area contributed by atoms with Crippen molar-refractivity contribution in [1.29, 1.82) is 0 Å². The van der Waals surface area contributed by atoms with E-state index in [4.69, 9.17) is 9.47 Å². The number of hydrogen-bond donors (Lipinski definition) is 2. The summed E-state index contributed by atoms with van der Waals surface area (Å²) in [6.07, 6.45) is 0.997. The molecule has 0 radical (unpaired) electrons. The van der Waals surface area contributed by atoms with E-state index in [0.717, 1.165) is 40.2 Å². The van der Waals surface area contributed by atoms with Crippen molar-refractivity contribution in [3.8, 4) is 11.5 Å². The molecule has 2 amide bonds. The highest BCUT2D eigenvalue weighted by Crippen LogP contribution is 2.35. The van der Waals surface area contributed by atoms with Gasteiger partial charge in [-0.3, -0.25) is 9.59 Å². The Morgan fingerprint density at radius 3 is 2.52 bits per heavy atom. The molecular formula is C23H28N2O4. The number of amides is 2. The Morgan fingerprint density at radius 2 is 1.83 bits per heavy atom. The van der Waals surface area contributed by atoms with Gasteiger partial charge in [-0.15, -0.1) is 0 Å². The smallest absolute Gasteiger partial charge is 0.251 e. The van der Waals surface area contributed by atoms with Crippen LogP contribution in [0.5, 0.6) is 11.5 Å². The molecule has 0 fully saturated rings. The zero-order valence-corrected chi connectivity index (χ0v) is 17.4. The highest BCUT2D eigenvalue weighted by molar-refractivity contribution is 5.96. The maximum absolute atomic E-state index is 12.3. The lowest BCUT2D eigenvalue weighted by Gasteiger charge is -2.13. The number of carbonyl (C=O) groups excluding carboxylic acids is 2. The standard InChI is InChI=1S/C23H28N2O4/c1-5-28-20-10-17-9-16(4)29-21(17)11-19(20)12-24-22(26)13-25-23(27)18-7-14(2)6-15(3)8-18/h6-8,10-11,16H,5,9,12-13H2,1-4H3,(H,24,26)(H,25,27)/t16-/m1/s1. The second-order valence-corrected chi connectivity index (χ2v) is 7.47. The van der Waals surface area contributed by atoms with Gasteiger partial charge in [-0.05, 0) is 52.0 Å². The van der Waals surface area contributed by atoms with Gasteiger partial charge in [0.25, 0.3) is 5.91 Å². The van der Waals surface area contributed by atoms with Gasteiger partial charge in [0.2, 0.25) is 5.91 Å². The van der Waals surface area contributed by atoms with E-state index < -0.39 is 0 Å². The lowest BCUT2D eigenvalue weighted by atomic mass is 10.1. The zero-order valence-electron chi connectivity index (χ0n) is 17.4. The molecule has 3 rings (SSSR count). The van der Waals surface area contributed by atoms with Gasteiger partial charge in [0.1, 0.15) is 17.6 Å². The Morgan fingerprint density at radius 1 is 1.10 bits per heavy atom. The number of aryl methyl sites for hydroxylation is 2. The van der Waals surface area contributed by atoms with Crippen LogP contribution in [0.15, 0.2) is 30.3 Å². The van der Waals surface area contributed by atoms with Gasteiger partial charge in [0.05, 0.1) is 13.2 Å². The first-order chi connectivity index (χ1) is 13.9. The van der Waals surface area contributed by atoms with Crippen molar-refractivity contribution in [3.63, 3.8) is 0 Å². The second-order valence-electron chi connectivity index (χ2n) is 7.47. The molecule has 2 aromatic rings. The molecule has 1 aliphatic heterocycles. The first-order valence-corrected chi connectivity index (χ1v) is 9.94. The number of fused-ring (bicyclic) bond motifs is 1. The fourth-order valence-corrected chi connectivity index (χ4v) is 3.53. The van der Waals surface area contributed by atoms with E-state index in [0.29, 0.717) is 18.7 Å². The molecule has 1 heterocycles. The molecule has 0 unspecified atom stereocenters. The van der Waals surface area contributed by atoms with Crippen LogP contribution in [0.25, 0.3) is 0 Å². The third kappa shape index (κ3) is 5.28. The van der Waals surface area contributed by atoms with E-state index >= 15 is 0 Å². The molecule has 2 aromatic carbocycles. The van der Waals surface area contributed by atoms with Crippen molar-refractivity contribution in [3.05, 3.63) is 58.1 Å². The van der Waals surface area contributed by atoms with E-state index in [1.54, 1.807) is 12.1 Å². The number of ether oxygens (including phenoxy) is 2. The highest BCUT2D eigenvalue weighted by Gasteiger charge is 2.22. The molecule has 0 bridgehead atoms. The number of rotatable bonds is 7. The Labute approximate surface area is 171 Å². The largest absolute Gasteiger partial charge is 0.494 e. The van der Waals surface area contributed by atoms with E-state index in [1.807, 2.05) is 45.9 Å². The van der Waals surface area contributed by atoms with Crippen LogP contribution in [0.2, 0.25) is 0 Å². The van der Waals surface area contributed by atoms with Crippen molar-refractivity contribution >= 4 is 11.8 Å². The van der Waals surface area contributed by atoms with Gasteiger partial charge in [-0.25, -0.2) is 0 Å². The van der Waals surface area contributed by atoms with Crippen LogP contribution in [0.3, 0.4) is 0 Å². The van der Waals surface area contributed by atoms with Crippen molar-refractivity contribution in [2.45, 2.75) is 46.8 Å². The first-order valence-electron chi connectivity index (χ1n) is 9.94. The highest BCUT2D eigenvalue weighted by atomic mass is 16.5. The Hall–Kier alpha value is -3.02. The molecular weight excluding hydrogens is 368 g/mol. The molecule has 6 heteroatoms. The molecule has 0 aromatic heterocycles. The summed E-state index contributed by atoms with van der Waals surface area (Å²) in [5, 5.41) is 5.51. The lowest BCUT2D eigenvalue weighted by molar-refractivity contribution is -0.120. The number of benzene rings is 2. The van der Waals surface area contributed by atoms with E-state index in [1.165, 1.54) is 0 Å². The molecule has 1 atom stereocenters. The maximum Gasteiger partial charge on any atom is 0.251 e. The van der Waals surface area contributed by atoms with Gasteiger partial charge >= 0.3 is 0 Å². The van der Waals surface area contributed by atoms with E-state index in [9.17, 15) is 9.59 Å². The van der Waals surface area contributed by atoms with Gasteiger partial charge < -0.3 is 20.1 Å². The van der Waals surface area contributed by atoms with Crippen LogP contribution >= 0.6 is 0 Å². The average Bonchev–Trinajstić information content (AvgIpc) is 3.02. The third-order valence-electron chi connectivity index (χ3n) is 4.75. The summed E-state index contributed by atoms with van der Waals surface area (Å²) >= 11 is 0. The Bertz CT molecular complexity index is 903. The van der Waals surface area contributed by atoms with Crippen molar-refractivity contribution in [1.82, 2.24) is 10.6 Å². The first kappa shape index (κ1) is 20.7. The Balaban J connectivity index is 1.58. The Kier molecular flexibility index (Phi) is 6.42. The summed E-state index contributed by atoms with van der Waals surface area (Å²) in [4.78, 5) is 24.5. The third-order valence-corrected chi connectivity index (χ3v) is 4.75. The van der Waals surface area contributed by atoms with Crippen LogP contribution in [0, 0.1) is 13.8 Å². The van der Waals surface area contributed by atoms with Gasteiger partial charge in [0.15, 0.2) is 0 Å². The fourth-order valence-electron chi connectivity index (χ4n) is 3.53. The summed E-state index contributed by atoms with van der Waals surface area (Å²) in [7, 11) is 0. The van der Waals surface area contributed by atoms with Crippen molar-refractivity contribution < 1.29 is 19.1 Å². The predicted octanol–water partition coefficient (Wildman–Crippen LogP) is 3.07. The normalized spacial score (nSPS) is 14.7. The molecule has 1 aliphatic rings. The van der Waals surface area contributed by atoms with Crippen LogP contribution in [-0.2, 0) is 17.8 Å². The monoisotopic (exact) mass is 396 g/mol. The molecule has 29 heavy (non-hydrogen) atoms. The minimum absolute atomic E-state index is 0.0890. The topological polar surface area (TPSA) is 76.7 Å². The van der Waals surface area contributed by atoms with Gasteiger partial charge in [-0.2, -0.15) is 0 Å². The number of hydrogen-bond acceptors (Lipinski definition) is 4. The number of nitrogens with one attached hydrogen (secondary N) is 2. The average molecular weight is 396 g/mol. The van der Waals surface area contributed by atoms with Gasteiger partial charge in [-0.1, -0.05) is 17.2 Å². The van der Waals surface area contributed by atoms with E-state index in [-0.39, 0.29) is 24.5 Å². The lowest BCUT2D eigenvalue weighted by Crippen LogP contribution is -2.36. The minimum atomic E-state index is -0.264. The molecule has 0 aliphatic carbocycles.